The van der Waals surface area contributed by atoms with E-state index in [1.807, 2.05) is 43.5 Å². The van der Waals surface area contributed by atoms with Crippen LogP contribution < -0.4 is 4.74 Å². The Morgan fingerprint density at radius 1 is 1.19 bits per heavy atom. The lowest BCUT2D eigenvalue weighted by Gasteiger charge is -2.24. The maximum absolute atomic E-state index is 13.1. The highest BCUT2D eigenvalue weighted by atomic mass is 32.1. The number of rotatable bonds is 5. The number of hydrogen-bond donors (Lipinski definition) is 1. The van der Waals surface area contributed by atoms with Crippen molar-refractivity contribution < 1.29 is 19.4 Å². The van der Waals surface area contributed by atoms with E-state index >= 15 is 0 Å². The summed E-state index contributed by atoms with van der Waals surface area (Å²) in [6.45, 7) is 3.92. The Labute approximate surface area is 184 Å². The van der Waals surface area contributed by atoms with Crippen LogP contribution in [0.4, 0.5) is 0 Å². The molecule has 1 saturated heterocycles. The van der Waals surface area contributed by atoms with Crippen molar-refractivity contribution in [2.24, 2.45) is 0 Å². The number of aromatic nitrogens is 1. The summed E-state index contributed by atoms with van der Waals surface area (Å²) >= 11 is 1.44. The molecule has 1 amide bonds. The number of hydrogen-bond acceptors (Lipinski definition) is 6. The van der Waals surface area contributed by atoms with E-state index in [1.54, 1.807) is 31.6 Å². The van der Waals surface area contributed by atoms with Gasteiger partial charge < -0.3 is 14.7 Å². The molecule has 1 aromatic carbocycles. The van der Waals surface area contributed by atoms with Gasteiger partial charge in [0, 0.05) is 29.4 Å². The van der Waals surface area contributed by atoms with Crippen molar-refractivity contribution in [3.05, 3.63) is 86.9 Å². The number of aryl methyl sites for hydroxylation is 2. The van der Waals surface area contributed by atoms with E-state index in [0.717, 1.165) is 21.6 Å². The first-order chi connectivity index (χ1) is 14.9. The second kappa shape index (κ2) is 8.35. The van der Waals surface area contributed by atoms with Crippen molar-refractivity contribution in [1.82, 2.24) is 9.88 Å². The average molecular weight is 435 g/mol. The Morgan fingerprint density at radius 2 is 2.00 bits per heavy atom. The number of ether oxygens (including phenoxy) is 1. The fourth-order valence-corrected chi connectivity index (χ4v) is 4.73. The van der Waals surface area contributed by atoms with Gasteiger partial charge in [-0.3, -0.25) is 14.6 Å². The molecule has 1 aliphatic heterocycles. The minimum absolute atomic E-state index is 0.101. The Morgan fingerprint density at radius 3 is 2.65 bits per heavy atom. The maximum atomic E-state index is 13.1. The van der Waals surface area contributed by atoms with E-state index in [0.29, 0.717) is 11.3 Å². The van der Waals surface area contributed by atoms with Gasteiger partial charge in [0.25, 0.3) is 11.7 Å². The van der Waals surface area contributed by atoms with Gasteiger partial charge in [-0.25, -0.2) is 0 Å². The van der Waals surface area contributed by atoms with E-state index in [9.17, 15) is 14.7 Å². The van der Waals surface area contributed by atoms with Gasteiger partial charge in [0.1, 0.15) is 11.5 Å². The lowest BCUT2D eigenvalue weighted by atomic mass is 9.96. The first kappa shape index (κ1) is 20.8. The van der Waals surface area contributed by atoms with Gasteiger partial charge >= 0.3 is 0 Å². The Balaban J connectivity index is 1.87. The molecule has 1 aliphatic rings. The number of aliphatic hydroxyl groups is 1. The number of aliphatic hydroxyl groups excluding tert-OH is 1. The zero-order valence-corrected chi connectivity index (χ0v) is 18.3. The third-order valence-electron chi connectivity index (χ3n) is 5.43. The highest BCUT2D eigenvalue weighted by Gasteiger charge is 2.46. The van der Waals surface area contributed by atoms with Crippen molar-refractivity contribution in [2.45, 2.75) is 26.4 Å². The third kappa shape index (κ3) is 3.72. The molecule has 0 spiro atoms. The molecule has 0 aliphatic carbocycles. The van der Waals surface area contributed by atoms with Gasteiger partial charge in [-0.05, 0) is 60.2 Å². The zero-order chi connectivity index (χ0) is 22.1. The van der Waals surface area contributed by atoms with Crippen LogP contribution >= 0.6 is 11.3 Å². The van der Waals surface area contributed by atoms with Crippen LogP contribution in [0.15, 0.2) is 59.7 Å². The van der Waals surface area contributed by atoms with Crippen LogP contribution in [-0.2, 0) is 16.1 Å². The van der Waals surface area contributed by atoms with Crippen LogP contribution in [-0.4, -0.2) is 33.8 Å². The number of carbonyl (C=O) groups excluding carboxylic acids is 2. The summed E-state index contributed by atoms with van der Waals surface area (Å²) < 4.78 is 5.36. The molecule has 1 fully saturated rings. The molecule has 6 nitrogen and oxygen atoms in total. The molecule has 158 valence electrons. The molecule has 1 unspecified atom stereocenters. The van der Waals surface area contributed by atoms with E-state index in [-0.39, 0.29) is 17.9 Å². The summed E-state index contributed by atoms with van der Waals surface area (Å²) in [5.74, 6) is -0.797. The number of carbonyl (C=O) groups is 2. The minimum atomic E-state index is -0.687. The SMILES string of the molecule is COc1cc(C)c(/C(O)=C2/C(=O)C(=O)N(Cc3cccnc3)C2c2cccs2)cc1C. The first-order valence-corrected chi connectivity index (χ1v) is 10.7. The van der Waals surface area contributed by atoms with E-state index in [4.69, 9.17) is 4.74 Å². The standard InChI is InChI=1S/C24H22N2O4S/c1-14-11-18(30-3)15(2)10-17(14)22(27)20-21(19-7-5-9-31-19)26(24(29)23(20)28)13-16-6-4-8-25-12-16/h4-12,21,27H,13H2,1-3H3/b22-20-. The summed E-state index contributed by atoms with van der Waals surface area (Å²) in [5.41, 5.74) is 3.00. The van der Waals surface area contributed by atoms with Crippen molar-refractivity contribution in [3.63, 3.8) is 0 Å². The van der Waals surface area contributed by atoms with Crippen LogP contribution in [0, 0.1) is 13.8 Å². The monoisotopic (exact) mass is 434 g/mol. The fourth-order valence-electron chi connectivity index (χ4n) is 3.88. The van der Waals surface area contributed by atoms with Crippen LogP contribution in [0.1, 0.15) is 33.2 Å². The number of nitrogens with zero attached hydrogens (tertiary/aromatic N) is 2. The lowest BCUT2D eigenvalue weighted by Crippen LogP contribution is -2.28. The van der Waals surface area contributed by atoms with Gasteiger partial charge in [0.2, 0.25) is 0 Å². The molecule has 0 radical (unpaired) electrons. The first-order valence-electron chi connectivity index (χ1n) is 9.78. The highest BCUT2D eigenvalue weighted by Crippen LogP contribution is 2.42. The van der Waals surface area contributed by atoms with E-state index in [2.05, 4.69) is 4.98 Å². The third-order valence-corrected chi connectivity index (χ3v) is 6.35. The van der Waals surface area contributed by atoms with Gasteiger partial charge in [-0.1, -0.05) is 12.1 Å². The second-order valence-corrected chi connectivity index (χ2v) is 8.42. The summed E-state index contributed by atoms with van der Waals surface area (Å²) in [6, 6.07) is 10.3. The molecule has 1 N–H and O–H groups in total. The van der Waals surface area contributed by atoms with Crippen molar-refractivity contribution in [2.75, 3.05) is 7.11 Å². The average Bonchev–Trinajstić information content (AvgIpc) is 3.38. The number of Topliss-reactive ketones (excluding diaryl/α,β-unsaturated/α-hetero) is 1. The summed E-state index contributed by atoms with van der Waals surface area (Å²) in [5, 5.41) is 13.2. The van der Waals surface area contributed by atoms with Gasteiger partial charge in [0.05, 0.1) is 18.7 Å². The van der Waals surface area contributed by atoms with Crippen LogP contribution in [0.3, 0.4) is 0 Å². The zero-order valence-electron chi connectivity index (χ0n) is 17.5. The van der Waals surface area contributed by atoms with Gasteiger partial charge in [-0.2, -0.15) is 0 Å². The quantitative estimate of drug-likeness (QED) is 0.366. The van der Waals surface area contributed by atoms with E-state index < -0.39 is 17.7 Å². The number of amides is 1. The highest BCUT2D eigenvalue weighted by molar-refractivity contribution is 7.10. The van der Waals surface area contributed by atoms with Crippen LogP contribution in [0.2, 0.25) is 0 Å². The smallest absolute Gasteiger partial charge is 0.295 e. The van der Waals surface area contributed by atoms with Crippen molar-refractivity contribution >= 4 is 28.8 Å². The van der Waals surface area contributed by atoms with Crippen molar-refractivity contribution in [1.29, 1.82) is 0 Å². The molecular formula is C24H22N2O4S. The normalized spacial score (nSPS) is 17.9. The molecular weight excluding hydrogens is 412 g/mol. The van der Waals surface area contributed by atoms with Crippen LogP contribution in [0.25, 0.3) is 5.76 Å². The Kier molecular flexibility index (Phi) is 5.61. The topological polar surface area (TPSA) is 79.7 Å². The Bertz CT molecular complexity index is 1170. The largest absolute Gasteiger partial charge is 0.507 e. The van der Waals surface area contributed by atoms with Gasteiger partial charge in [-0.15, -0.1) is 11.3 Å². The predicted molar refractivity (Wildman–Crippen MR) is 119 cm³/mol. The predicted octanol–water partition coefficient (Wildman–Crippen LogP) is 4.39. The second-order valence-electron chi connectivity index (χ2n) is 7.44. The van der Waals surface area contributed by atoms with Gasteiger partial charge in [0.15, 0.2) is 0 Å². The molecule has 31 heavy (non-hydrogen) atoms. The molecule has 3 heterocycles. The molecule has 7 heteroatoms. The number of likely N-dealkylation sites (tertiary alicyclic amines) is 1. The van der Waals surface area contributed by atoms with Crippen LogP contribution in [0.5, 0.6) is 5.75 Å². The Hall–Kier alpha value is -3.45. The molecule has 3 aromatic rings. The van der Waals surface area contributed by atoms with E-state index in [1.165, 1.54) is 16.2 Å². The minimum Gasteiger partial charge on any atom is -0.507 e. The molecule has 0 saturated carbocycles. The number of thiophene rings is 1. The number of pyridine rings is 1. The molecule has 1 atom stereocenters. The molecule has 4 rings (SSSR count). The molecule has 0 bridgehead atoms. The number of benzene rings is 1. The molecule has 2 aromatic heterocycles. The summed E-state index contributed by atoms with van der Waals surface area (Å²) in [4.78, 5) is 32.5. The summed E-state index contributed by atoms with van der Waals surface area (Å²) in [6.07, 6.45) is 3.32. The lowest BCUT2D eigenvalue weighted by molar-refractivity contribution is -0.140. The van der Waals surface area contributed by atoms with Crippen molar-refractivity contribution in [3.8, 4) is 5.75 Å². The maximum Gasteiger partial charge on any atom is 0.295 e. The number of ketones is 1. The number of methoxy groups -OCH3 is 1. The fraction of sp³-hybridized carbons (Fsp3) is 0.208. The summed E-state index contributed by atoms with van der Waals surface area (Å²) in [7, 11) is 1.59.